The van der Waals surface area contributed by atoms with E-state index in [1.165, 1.54) is 12.3 Å². The molecule has 0 saturated carbocycles. The molecule has 0 amide bonds. The van der Waals surface area contributed by atoms with E-state index in [1.54, 1.807) is 23.7 Å². The minimum absolute atomic E-state index is 0.0184. The zero-order valence-electron chi connectivity index (χ0n) is 11.4. The third-order valence-electron chi connectivity index (χ3n) is 3.19. The van der Waals surface area contributed by atoms with E-state index in [-0.39, 0.29) is 10.4 Å². The third kappa shape index (κ3) is 2.25. The van der Waals surface area contributed by atoms with Crippen LogP contribution in [0.25, 0.3) is 11.0 Å². The minimum Gasteiger partial charge on any atom is -0.276 e. The first-order valence-electron chi connectivity index (χ1n) is 6.29. The Kier molecular flexibility index (Phi) is 3.13. The summed E-state index contributed by atoms with van der Waals surface area (Å²) >= 11 is 0. The highest BCUT2D eigenvalue weighted by Gasteiger charge is 2.22. The van der Waals surface area contributed by atoms with Crippen LogP contribution >= 0.6 is 0 Å². The van der Waals surface area contributed by atoms with Crippen LogP contribution in [0.4, 0.5) is 5.69 Å². The van der Waals surface area contributed by atoms with E-state index in [1.807, 2.05) is 6.92 Å². The largest absolute Gasteiger partial charge is 0.276 e. The van der Waals surface area contributed by atoms with Gasteiger partial charge in [-0.3, -0.25) is 9.40 Å². The maximum Gasteiger partial charge on any atom is 0.264 e. The average Bonchev–Trinajstić information content (AvgIpc) is 3.05. The first kappa shape index (κ1) is 13.6. The van der Waals surface area contributed by atoms with E-state index in [2.05, 4.69) is 24.8 Å². The highest BCUT2D eigenvalue weighted by atomic mass is 32.2. The molecule has 1 N–H and O–H groups in total. The van der Waals surface area contributed by atoms with E-state index in [4.69, 9.17) is 0 Å². The predicted octanol–water partition coefficient (Wildman–Crippen LogP) is 1.55. The van der Waals surface area contributed by atoms with Gasteiger partial charge in [0.15, 0.2) is 5.52 Å². The molecule has 0 atom stereocenters. The van der Waals surface area contributed by atoms with Crippen LogP contribution in [0.3, 0.4) is 0 Å². The molecule has 1 aromatic carbocycles. The maximum absolute atomic E-state index is 12.5. The minimum atomic E-state index is -3.79. The number of fused-ring (bicyclic) bond motifs is 1. The highest BCUT2D eigenvalue weighted by molar-refractivity contribution is 7.93. The second-order valence-corrected chi connectivity index (χ2v) is 6.10. The van der Waals surface area contributed by atoms with Gasteiger partial charge in [0.25, 0.3) is 10.0 Å². The predicted molar refractivity (Wildman–Crippen MR) is 75.3 cm³/mol. The fraction of sp³-hybridized carbons (Fsp3) is 0.250. The molecule has 2 heterocycles. The molecule has 8 nitrogen and oxygen atoms in total. The zero-order chi connectivity index (χ0) is 15.0. The van der Waals surface area contributed by atoms with Gasteiger partial charge >= 0.3 is 0 Å². The van der Waals surface area contributed by atoms with Crippen molar-refractivity contribution in [2.45, 2.75) is 25.3 Å². The lowest BCUT2D eigenvalue weighted by molar-refractivity contribution is 0.315. The van der Waals surface area contributed by atoms with Crippen molar-refractivity contribution in [1.82, 2.24) is 20.1 Å². The molecule has 0 spiro atoms. The monoisotopic (exact) mass is 307 g/mol. The van der Waals surface area contributed by atoms with Crippen LogP contribution in [0.2, 0.25) is 0 Å². The van der Waals surface area contributed by atoms with E-state index in [9.17, 15) is 8.42 Å². The van der Waals surface area contributed by atoms with Crippen LogP contribution in [0, 0.1) is 6.92 Å². The molecular formula is C12H13N5O3S. The molecular weight excluding hydrogens is 294 g/mol. The highest BCUT2D eigenvalue weighted by Crippen LogP contribution is 2.23. The van der Waals surface area contributed by atoms with Crippen LogP contribution in [0.5, 0.6) is 0 Å². The van der Waals surface area contributed by atoms with Gasteiger partial charge in [0.1, 0.15) is 10.4 Å². The Morgan fingerprint density at radius 3 is 2.86 bits per heavy atom. The van der Waals surface area contributed by atoms with E-state index in [0.717, 1.165) is 5.69 Å². The Morgan fingerprint density at radius 2 is 2.14 bits per heavy atom. The molecule has 0 radical (unpaired) electrons. The number of nitrogens with zero attached hydrogens (tertiary/aromatic N) is 4. The van der Waals surface area contributed by atoms with Crippen LogP contribution in [0.15, 0.2) is 33.9 Å². The number of hydrogen-bond donors (Lipinski definition) is 1. The Hall–Kier alpha value is -2.42. The second-order valence-electron chi connectivity index (χ2n) is 4.45. The number of nitrogens with one attached hydrogen (secondary N) is 1. The van der Waals surface area contributed by atoms with Crippen molar-refractivity contribution in [3.63, 3.8) is 0 Å². The summed E-state index contributed by atoms with van der Waals surface area (Å²) in [4.78, 5) is 0.0184. The van der Waals surface area contributed by atoms with Crippen LogP contribution in [0.1, 0.15) is 12.6 Å². The van der Waals surface area contributed by atoms with E-state index in [0.29, 0.717) is 17.7 Å². The molecule has 3 aromatic rings. The molecule has 0 aliphatic rings. The number of anilines is 1. The van der Waals surface area contributed by atoms with Crippen molar-refractivity contribution in [3.05, 3.63) is 30.1 Å². The fourth-order valence-electron chi connectivity index (χ4n) is 2.06. The summed E-state index contributed by atoms with van der Waals surface area (Å²) in [5.41, 5.74) is 1.77. The summed E-state index contributed by atoms with van der Waals surface area (Å²) < 4.78 is 33.8. The Labute approximate surface area is 120 Å². The zero-order valence-corrected chi connectivity index (χ0v) is 12.3. The van der Waals surface area contributed by atoms with Gasteiger partial charge in [-0.1, -0.05) is 6.07 Å². The molecule has 0 fully saturated rings. The molecule has 9 heteroatoms. The summed E-state index contributed by atoms with van der Waals surface area (Å²) in [7, 11) is -3.79. The quantitative estimate of drug-likeness (QED) is 0.784. The Morgan fingerprint density at radius 1 is 1.33 bits per heavy atom. The molecule has 21 heavy (non-hydrogen) atoms. The smallest absolute Gasteiger partial charge is 0.264 e. The number of aromatic nitrogens is 4. The number of benzene rings is 1. The number of sulfonamides is 1. The average molecular weight is 307 g/mol. The van der Waals surface area contributed by atoms with Gasteiger partial charge in [0, 0.05) is 6.54 Å². The fourth-order valence-corrected chi connectivity index (χ4v) is 3.32. The summed E-state index contributed by atoms with van der Waals surface area (Å²) in [6.45, 7) is 4.39. The molecule has 0 aliphatic carbocycles. The maximum atomic E-state index is 12.5. The van der Waals surface area contributed by atoms with E-state index >= 15 is 0 Å². The van der Waals surface area contributed by atoms with Gasteiger partial charge < -0.3 is 0 Å². The molecule has 3 rings (SSSR count). The Bertz CT molecular complexity index is 897. The molecule has 0 bridgehead atoms. The van der Waals surface area contributed by atoms with Gasteiger partial charge in [-0.05, 0) is 36.3 Å². The van der Waals surface area contributed by atoms with Crippen LogP contribution < -0.4 is 4.72 Å². The van der Waals surface area contributed by atoms with Gasteiger partial charge in [0.05, 0.1) is 17.6 Å². The summed E-state index contributed by atoms with van der Waals surface area (Å²) in [6, 6.07) is 4.67. The van der Waals surface area contributed by atoms with Gasteiger partial charge in [0.2, 0.25) is 0 Å². The van der Waals surface area contributed by atoms with Crippen molar-refractivity contribution in [3.8, 4) is 0 Å². The topological polar surface area (TPSA) is 103 Å². The molecule has 110 valence electrons. The lowest BCUT2D eigenvalue weighted by Crippen LogP contribution is -2.14. The third-order valence-corrected chi connectivity index (χ3v) is 4.58. The standard InChI is InChI=1S/C12H13N5O3S/c1-3-17-8(2)10(7-13-17)16-21(18,19)11-6-4-5-9-12(11)15-20-14-9/h4-7,16H,3H2,1-2H3. The van der Waals surface area contributed by atoms with Gasteiger partial charge in [-0.2, -0.15) is 5.10 Å². The lowest BCUT2D eigenvalue weighted by Gasteiger charge is -2.07. The molecule has 0 aliphatic heterocycles. The lowest BCUT2D eigenvalue weighted by atomic mass is 10.3. The SMILES string of the molecule is CCn1ncc(NS(=O)(=O)c2cccc3nonc23)c1C. The van der Waals surface area contributed by atoms with Crippen molar-refractivity contribution in [2.24, 2.45) is 0 Å². The van der Waals surface area contributed by atoms with Crippen molar-refractivity contribution < 1.29 is 13.0 Å². The van der Waals surface area contributed by atoms with Gasteiger partial charge in [-0.25, -0.2) is 13.0 Å². The van der Waals surface area contributed by atoms with Gasteiger partial charge in [-0.15, -0.1) is 0 Å². The van der Waals surface area contributed by atoms with Crippen molar-refractivity contribution in [2.75, 3.05) is 4.72 Å². The summed E-state index contributed by atoms with van der Waals surface area (Å²) in [6.07, 6.45) is 1.48. The van der Waals surface area contributed by atoms with Crippen molar-refractivity contribution in [1.29, 1.82) is 0 Å². The normalized spacial score (nSPS) is 11.9. The Balaban J connectivity index is 2.04. The molecule has 0 saturated heterocycles. The second kappa shape index (κ2) is 4.85. The molecule has 0 unspecified atom stereocenters. The first-order chi connectivity index (χ1) is 10.0. The number of hydrogen-bond acceptors (Lipinski definition) is 6. The van der Waals surface area contributed by atoms with Crippen LogP contribution in [-0.2, 0) is 16.6 Å². The van der Waals surface area contributed by atoms with Crippen LogP contribution in [-0.4, -0.2) is 28.5 Å². The number of aryl methyl sites for hydroxylation is 1. The molecule has 2 aromatic heterocycles. The summed E-state index contributed by atoms with van der Waals surface area (Å²) in [5, 5.41) is 11.4. The van der Waals surface area contributed by atoms with Crippen molar-refractivity contribution >= 4 is 26.7 Å². The first-order valence-corrected chi connectivity index (χ1v) is 7.77. The summed E-state index contributed by atoms with van der Waals surface area (Å²) in [5.74, 6) is 0. The van der Waals surface area contributed by atoms with E-state index < -0.39 is 10.0 Å². The number of rotatable bonds is 4.